The molecule has 1 unspecified atom stereocenters. The van der Waals surface area contributed by atoms with Crippen LogP contribution in [0.15, 0.2) is 24.4 Å². The molecule has 86 valence electrons. The molecule has 1 aliphatic rings. The van der Waals surface area contributed by atoms with Crippen molar-refractivity contribution in [2.45, 2.75) is 19.1 Å². The number of rotatable bonds is 2. The van der Waals surface area contributed by atoms with E-state index in [2.05, 4.69) is 15.7 Å². The highest BCUT2D eigenvalue weighted by Gasteiger charge is 2.35. The Morgan fingerprint density at radius 3 is 3.06 bits per heavy atom. The molecule has 1 saturated heterocycles. The highest BCUT2D eigenvalue weighted by atomic mass is 32.1. The summed E-state index contributed by atoms with van der Waals surface area (Å²) < 4.78 is 0. The second-order valence-electron chi connectivity index (χ2n) is 3.86. The summed E-state index contributed by atoms with van der Waals surface area (Å²) in [6.45, 7) is 2.39. The molecule has 5 nitrogen and oxygen atoms in total. The second kappa shape index (κ2) is 4.23. The third kappa shape index (κ3) is 2.23. The Morgan fingerprint density at radius 1 is 1.62 bits per heavy atom. The van der Waals surface area contributed by atoms with Gasteiger partial charge >= 0.3 is 0 Å². The van der Waals surface area contributed by atoms with Crippen molar-refractivity contribution in [1.29, 1.82) is 0 Å². The van der Waals surface area contributed by atoms with Crippen LogP contribution in [-0.2, 0) is 0 Å². The van der Waals surface area contributed by atoms with Gasteiger partial charge in [-0.05, 0) is 31.3 Å². The van der Waals surface area contributed by atoms with E-state index in [1.54, 1.807) is 13.1 Å². The van der Waals surface area contributed by atoms with Gasteiger partial charge in [0, 0.05) is 19.2 Å². The van der Waals surface area contributed by atoms with Crippen molar-refractivity contribution < 1.29 is 5.11 Å². The zero-order valence-electron chi connectivity index (χ0n) is 8.97. The zero-order valence-corrected chi connectivity index (χ0v) is 9.79. The first-order chi connectivity index (χ1) is 7.59. The maximum Gasteiger partial charge on any atom is 0.190 e. The standard InChI is InChI=1S/C10H14N4OS/c1-10(15)5-7-12-9(16)14(10)13-8-4-2-3-6-11-8/h2-4,6,15H,5,7H2,1H3,(H,11,13)(H,12,16). The molecule has 3 N–H and O–H groups in total. The predicted octanol–water partition coefficient (Wildman–Crippen LogP) is 0.697. The third-order valence-electron chi connectivity index (χ3n) is 2.45. The van der Waals surface area contributed by atoms with Gasteiger partial charge in [0.25, 0.3) is 0 Å². The minimum atomic E-state index is -1.00. The molecule has 1 aromatic heterocycles. The van der Waals surface area contributed by atoms with E-state index < -0.39 is 5.72 Å². The zero-order chi connectivity index (χ0) is 11.6. The van der Waals surface area contributed by atoms with Crippen LogP contribution in [-0.4, -0.2) is 32.5 Å². The van der Waals surface area contributed by atoms with Gasteiger partial charge < -0.3 is 10.4 Å². The number of aromatic nitrogens is 1. The number of thiocarbonyl (C=S) groups is 1. The molecule has 0 amide bonds. The molecule has 0 aromatic carbocycles. The average Bonchev–Trinajstić information content (AvgIpc) is 2.25. The fourth-order valence-electron chi connectivity index (χ4n) is 1.53. The van der Waals surface area contributed by atoms with Crippen molar-refractivity contribution >= 4 is 23.1 Å². The van der Waals surface area contributed by atoms with Crippen molar-refractivity contribution in [2.75, 3.05) is 12.0 Å². The Morgan fingerprint density at radius 2 is 2.44 bits per heavy atom. The summed E-state index contributed by atoms with van der Waals surface area (Å²) in [5.74, 6) is 0.647. The quantitative estimate of drug-likeness (QED) is 0.659. The summed E-state index contributed by atoms with van der Waals surface area (Å²) in [5, 5.41) is 15.2. The molecular formula is C10H14N4OS. The minimum absolute atomic E-state index is 0.474. The molecule has 0 saturated carbocycles. The van der Waals surface area contributed by atoms with Gasteiger partial charge in [-0.1, -0.05) is 6.07 Å². The molecule has 1 atom stereocenters. The second-order valence-corrected chi connectivity index (χ2v) is 4.25. The third-order valence-corrected chi connectivity index (χ3v) is 2.78. The number of anilines is 1. The van der Waals surface area contributed by atoms with E-state index in [-0.39, 0.29) is 0 Å². The maximum absolute atomic E-state index is 10.2. The highest BCUT2D eigenvalue weighted by Crippen LogP contribution is 2.20. The molecule has 2 heterocycles. The number of aliphatic hydroxyl groups is 1. The molecule has 6 heteroatoms. The monoisotopic (exact) mass is 238 g/mol. The molecule has 1 fully saturated rings. The van der Waals surface area contributed by atoms with Crippen LogP contribution in [0, 0.1) is 0 Å². The first-order valence-corrected chi connectivity index (χ1v) is 5.48. The fourth-order valence-corrected chi connectivity index (χ4v) is 1.87. The van der Waals surface area contributed by atoms with Crippen LogP contribution < -0.4 is 10.7 Å². The lowest BCUT2D eigenvalue weighted by Gasteiger charge is -2.42. The number of nitrogens with one attached hydrogen (secondary N) is 2. The summed E-state index contributed by atoms with van der Waals surface area (Å²) in [6, 6.07) is 5.51. The van der Waals surface area contributed by atoms with E-state index >= 15 is 0 Å². The molecule has 1 aliphatic heterocycles. The van der Waals surface area contributed by atoms with E-state index in [1.807, 2.05) is 18.2 Å². The summed E-state index contributed by atoms with van der Waals surface area (Å²) in [7, 11) is 0. The van der Waals surface area contributed by atoms with Gasteiger partial charge in [0.05, 0.1) is 0 Å². The molecular weight excluding hydrogens is 224 g/mol. The number of hydrazine groups is 1. The van der Waals surface area contributed by atoms with E-state index in [0.717, 1.165) is 0 Å². The van der Waals surface area contributed by atoms with E-state index in [4.69, 9.17) is 12.2 Å². The normalized spacial score (nSPS) is 25.1. The van der Waals surface area contributed by atoms with Crippen LogP contribution in [0.2, 0.25) is 0 Å². The van der Waals surface area contributed by atoms with E-state index in [1.165, 1.54) is 5.01 Å². The topological polar surface area (TPSA) is 60.4 Å². The lowest BCUT2D eigenvalue weighted by atomic mass is 10.1. The van der Waals surface area contributed by atoms with Crippen LogP contribution in [0.5, 0.6) is 0 Å². The molecule has 1 aromatic rings. The van der Waals surface area contributed by atoms with Crippen molar-refractivity contribution in [3.63, 3.8) is 0 Å². The van der Waals surface area contributed by atoms with Gasteiger partial charge in [-0.2, -0.15) is 0 Å². The first-order valence-electron chi connectivity index (χ1n) is 5.08. The Hall–Kier alpha value is -1.40. The van der Waals surface area contributed by atoms with Crippen LogP contribution in [0.3, 0.4) is 0 Å². The van der Waals surface area contributed by atoms with Gasteiger partial charge in [0.1, 0.15) is 5.82 Å². The Bertz CT molecular complexity index is 382. The van der Waals surface area contributed by atoms with Crippen molar-refractivity contribution in [2.24, 2.45) is 0 Å². The van der Waals surface area contributed by atoms with Gasteiger partial charge in [-0.3, -0.25) is 5.43 Å². The smallest absolute Gasteiger partial charge is 0.190 e. The molecule has 0 spiro atoms. The van der Waals surface area contributed by atoms with Gasteiger partial charge in [-0.15, -0.1) is 0 Å². The predicted molar refractivity (Wildman–Crippen MR) is 65.5 cm³/mol. The summed E-state index contributed by atoms with van der Waals surface area (Å²) in [6.07, 6.45) is 2.27. The lowest BCUT2D eigenvalue weighted by Crippen LogP contribution is -2.61. The van der Waals surface area contributed by atoms with Crippen LogP contribution in [0.4, 0.5) is 5.82 Å². The lowest BCUT2D eigenvalue weighted by molar-refractivity contribution is -0.0559. The van der Waals surface area contributed by atoms with Crippen molar-refractivity contribution in [1.82, 2.24) is 15.3 Å². The first kappa shape index (κ1) is 11.1. The minimum Gasteiger partial charge on any atom is -0.369 e. The van der Waals surface area contributed by atoms with Crippen LogP contribution >= 0.6 is 12.2 Å². The Labute approximate surface area is 99.5 Å². The Balaban J connectivity index is 2.15. The van der Waals surface area contributed by atoms with Crippen LogP contribution in [0.1, 0.15) is 13.3 Å². The largest absolute Gasteiger partial charge is 0.369 e. The summed E-state index contributed by atoms with van der Waals surface area (Å²) in [4.78, 5) is 4.12. The number of nitrogens with zero attached hydrogens (tertiary/aromatic N) is 2. The number of pyridine rings is 1. The van der Waals surface area contributed by atoms with Crippen molar-refractivity contribution in [3.05, 3.63) is 24.4 Å². The van der Waals surface area contributed by atoms with E-state index in [0.29, 0.717) is 23.9 Å². The maximum atomic E-state index is 10.2. The number of hydrogen-bond donors (Lipinski definition) is 3. The molecule has 16 heavy (non-hydrogen) atoms. The molecule has 0 aliphatic carbocycles. The Kier molecular flexibility index (Phi) is 2.93. The number of hydrogen-bond acceptors (Lipinski definition) is 4. The van der Waals surface area contributed by atoms with E-state index in [9.17, 15) is 5.11 Å². The molecule has 2 rings (SSSR count). The van der Waals surface area contributed by atoms with Crippen molar-refractivity contribution in [3.8, 4) is 0 Å². The molecule has 0 bridgehead atoms. The average molecular weight is 238 g/mol. The molecule has 0 radical (unpaired) electrons. The summed E-state index contributed by atoms with van der Waals surface area (Å²) >= 11 is 5.14. The van der Waals surface area contributed by atoms with Gasteiger partial charge in [-0.25, -0.2) is 9.99 Å². The highest BCUT2D eigenvalue weighted by molar-refractivity contribution is 7.80. The summed E-state index contributed by atoms with van der Waals surface area (Å²) in [5.41, 5.74) is 1.99. The van der Waals surface area contributed by atoms with Gasteiger partial charge in [0.2, 0.25) is 0 Å². The fraction of sp³-hybridized carbons (Fsp3) is 0.400. The van der Waals surface area contributed by atoms with Gasteiger partial charge in [0.15, 0.2) is 10.8 Å². The van der Waals surface area contributed by atoms with Crippen LogP contribution in [0.25, 0.3) is 0 Å². The SMILES string of the molecule is CC1(O)CCNC(=S)N1Nc1ccccn1.